The summed E-state index contributed by atoms with van der Waals surface area (Å²) in [5, 5.41) is 0. The van der Waals surface area contributed by atoms with Crippen LogP contribution in [0.1, 0.15) is 30.7 Å². The summed E-state index contributed by atoms with van der Waals surface area (Å²) >= 11 is 0. The molecule has 0 unspecified atom stereocenters. The lowest BCUT2D eigenvalue weighted by Crippen LogP contribution is -1.89. The Bertz CT molecular complexity index is 335. The minimum Gasteiger partial charge on any atom is -0.256 e. The number of aromatic nitrogens is 1. The van der Waals surface area contributed by atoms with Gasteiger partial charge in [0.1, 0.15) is 0 Å². The average molecular weight is 173 g/mol. The highest BCUT2D eigenvalue weighted by Gasteiger charge is 1.99. The Balaban J connectivity index is 3.25. The highest BCUT2D eigenvalue weighted by Crippen LogP contribution is 2.14. The maximum absolute atomic E-state index is 4.31. The second kappa shape index (κ2) is 4.61. The molecule has 1 nitrogen and oxygen atoms in total. The zero-order valence-electron chi connectivity index (χ0n) is 8.41. The summed E-state index contributed by atoms with van der Waals surface area (Å²) in [7, 11) is 0. The van der Waals surface area contributed by atoms with Crippen molar-refractivity contribution in [3.63, 3.8) is 0 Å². The third-order valence-corrected chi connectivity index (χ3v) is 1.90. The summed E-state index contributed by atoms with van der Waals surface area (Å²) in [4.78, 5) is 4.31. The van der Waals surface area contributed by atoms with Gasteiger partial charge in [-0.2, -0.15) is 0 Å². The van der Waals surface area contributed by atoms with Gasteiger partial charge in [0, 0.05) is 11.8 Å². The summed E-state index contributed by atoms with van der Waals surface area (Å²) in [6, 6.07) is 2.03. The molecule has 0 amide bonds. The minimum absolute atomic E-state index is 1.04. The van der Waals surface area contributed by atoms with E-state index in [1.54, 1.807) is 0 Å². The van der Waals surface area contributed by atoms with Crippen molar-refractivity contribution in [1.82, 2.24) is 4.98 Å². The van der Waals surface area contributed by atoms with Crippen LogP contribution in [0.4, 0.5) is 0 Å². The summed E-state index contributed by atoms with van der Waals surface area (Å²) < 4.78 is 0. The molecule has 0 aromatic carbocycles. The molecule has 0 bridgehead atoms. The second-order valence-corrected chi connectivity index (χ2v) is 2.93. The monoisotopic (exact) mass is 173 g/mol. The fourth-order valence-corrected chi connectivity index (χ4v) is 1.26. The number of allylic oxidation sites excluding steroid dienone is 2. The molecule has 1 aromatic rings. The molecule has 1 heterocycles. The van der Waals surface area contributed by atoms with Crippen LogP contribution in [0.3, 0.4) is 0 Å². The molecular weight excluding hydrogens is 158 g/mol. The van der Waals surface area contributed by atoms with Crippen molar-refractivity contribution >= 4 is 12.2 Å². The van der Waals surface area contributed by atoms with E-state index >= 15 is 0 Å². The van der Waals surface area contributed by atoms with Crippen LogP contribution in [0, 0.1) is 6.92 Å². The zero-order valence-corrected chi connectivity index (χ0v) is 8.41. The highest BCUT2D eigenvalue weighted by atomic mass is 14.7. The second-order valence-electron chi connectivity index (χ2n) is 2.93. The number of hydrogen-bond acceptors (Lipinski definition) is 1. The van der Waals surface area contributed by atoms with Crippen LogP contribution in [-0.2, 0) is 0 Å². The average Bonchev–Trinajstić information content (AvgIpc) is 2.11. The number of rotatable bonds is 2. The van der Waals surface area contributed by atoms with E-state index in [0.29, 0.717) is 0 Å². The quantitative estimate of drug-likeness (QED) is 0.667. The topological polar surface area (TPSA) is 12.9 Å². The van der Waals surface area contributed by atoms with E-state index in [1.807, 2.05) is 44.3 Å². The van der Waals surface area contributed by atoms with Gasteiger partial charge in [-0.3, -0.25) is 4.98 Å². The highest BCUT2D eigenvalue weighted by molar-refractivity contribution is 5.64. The van der Waals surface area contributed by atoms with Gasteiger partial charge >= 0.3 is 0 Å². The number of hydrogen-bond donors (Lipinski definition) is 0. The Morgan fingerprint density at radius 1 is 1.15 bits per heavy atom. The Morgan fingerprint density at radius 3 is 2.46 bits per heavy atom. The van der Waals surface area contributed by atoms with Crippen molar-refractivity contribution in [1.29, 1.82) is 0 Å². The van der Waals surface area contributed by atoms with Gasteiger partial charge in [-0.05, 0) is 38.5 Å². The lowest BCUT2D eigenvalue weighted by atomic mass is 10.1. The predicted octanol–water partition coefficient (Wildman–Crippen LogP) is 3.46. The zero-order chi connectivity index (χ0) is 9.68. The normalized spacial score (nSPS) is 11.6. The van der Waals surface area contributed by atoms with E-state index in [4.69, 9.17) is 0 Å². The predicted molar refractivity (Wildman–Crippen MR) is 58.4 cm³/mol. The Kier molecular flexibility index (Phi) is 3.44. The van der Waals surface area contributed by atoms with E-state index in [9.17, 15) is 0 Å². The Hall–Kier alpha value is -1.37. The van der Waals surface area contributed by atoms with Crippen molar-refractivity contribution in [3.8, 4) is 0 Å². The maximum atomic E-state index is 4.31. The molecule has 0 fully saturated rings. The number of aryl methyl sites for hydroxylation is 1. The fourth-order valence-electron chi connectivity index (χ4n) is 1.26. The van der Waals surface area contributed by atoms with Crippen LogP contribution in [0.2, 0.25) is 0 Å². The molecule has 0 saturated heterocycles. The van der Waals surface area contributed by atoms with Gasteiger partial charge in [0.15, 0.2) is 0 Å². The summed E-state index contributed by atoms with van der Waals surface area (Å²) in [5.41, 5.74) is 3.52. The molecular formula is C12H15N. The number of pyridine rings is 1. The van der Waals surface area contributed by atoms with E-state index in [0.717, 1.165) is 5.69 Å². The Labute approximate surface area is 79.8 Å². The molecule has 68 valence electrons. The first-order valence-electron chi connectivity index (χ1n) is 4.50. The molecule has 1 aromatic heterocycles. The maximum Gasteiger partial charge on any atom is 0.0701 e. The Morgan fingerprint density at radius 2 is 1.85 bits per heavy atom. The standard InChI is InChI=1S/C12H15N/c1-4-6-11-10(3)8-9-13-12(11)7-5-2/h4-9H,1-3H3/b6-4-,7-5-. The lowest BCUT2D eigenvalue weighted by Gasteiger charge is -2.03. The van der Waals surface area contributed by atoms with Crippen LogP contribution in [0.15, 0.2) is 24.4 Å². The van der Waals surface area contributed by atoms with Crippen molar-refractivity contribution in [2.75, 3.05) is 0 Å². The SMILES string of the molecule is C/C=C\c1nccc(C)c1/C=C\C. The van der Waals surface area contributed by atoms with Crippen molar-refractivity contribution in [2.24, 2.45) is 0 Å². The van der Waals surface area contributed by atoms with Gasteiger partial charge in [0.25, 0.3) is 0 Å². The van der Waals surface area contributed by atoms with Gasteiger partial charge in [0.05, 0.1) is 5.69 Å². The summed E-state index contributed by atoms with van der Waals surface area (Å²) in [5.74, 6) is 0. The first-order valence-corrected chi connectivity index (χ1v) is 4.50. The van der Waals surface area contributed by atoms with Gasteiger partial charge < -0.3 is 0 Å². The third-order valence-electron chi connectivity index (χ3n) is 1.90. The fraction of sp³-hybridized carbons (Fsp3) is 0.250. The van der Waals surface area contributed by atoms with E-state index in [-0.39, 0.29) is 0 Å². The van der Waals surface area contributed by atoms with Gasteiger partial charge in [-0.25, -0.2) is 0 Å². The molecule has 0 spiro atoms. The van der Waals surface area contributed by atoms with Crippen molar-refractivity contribution in [2.45, 2.75) is 20.8 Å². The molecule has 13 heavy (non-hydrogen) atoms. The molecule has 0 aliphatic carbocycles. The molecule has 0 saturated carbocycles. The van der Waals surface area contributed by atoms with E-state index < -0.39 is 0 Å². The molecule has 0 atom stereocenters. The first kappa shape index (κ1) is 9.72. The lowest BCUT2D eigenvalue weighted by molar-refractivity contribution is 1.24. The van der Waals surface area contributed by atoms with Gasteiger partial charge in [0.2, 0.25) is 0 Å². The minimum atomic E-state index is 1.04. The van der Waals surface area contributed by atoms with E-state index in [2.05, 4.69) is 18.0 Å². The smallest absolute Gasteiger partial charge is 0.0701 e. The van der Waals surface area contributed by atoms with Gasteiger partial charge in [-0.1, -0.05) is 18.2 Å². The number of nitrogens with zero attached hydrogens (tertiary/aromatic N) is 1. The van der Waals surface area contributed by atoms with Crippen LogP contribution < -0.4 is 0 Å². The van der Waals surface area contributed by atoms with Gasteiger partial charge in [-0.15, -0.1) is 0 Å². The third kappa shape index (κ3) is 2.28. The molecule has 0 aliphatic heterocycles. The van der Waals surface area contributed by atoms with Crippen LogP contribution in [-0.4, -0.2) is 4.98 Å². The van der Waals surface area contributed by atoms with Crippen molar-refractivity contribution in [3.05, 3.63) is 41.2 Å². The largest absolute Gasteiger partial charge is 0.256 e. The summed E-state index contributed by atoms with van der Waals surface area (Å²) in [6.07, 6.45) is 10.0. The molecule has 1 heteroatoms. The van der Waals surface area contributed by atoms with Crippen molar-refractivity contribution < 1.29 is 0 Å². The van der Waals surface area contributed by atoms with E-state index in [1.165, 1.54) is 11.1 Å². The van der Waals surface area contributed by atoms with Crippen LogP contribution in [0.5, 0.6) is 0 Å². The summed E-state index contributed by atoms with van der Waals surface area (Å²) in [6.45, 7) is 6.12. The van der Waals surface area contributed by atoms with Crippen LogP contribution in [0.25, 0.3) is 12.2 Å². The molecule has 0 radical (unpaired) electrons. The first-order chi connectivity index (χ1) is 6.29. The molecule has 0 aliphatic rings. The van der Waals surface area contributed by atoms with Crippen LogP contribution >= 0.6 is 0 Å². The molecule has 0 N–H and O–H groups in total. The molecule has 1 rings (SSSR count).